The maximum Gasteiger partial charge on any atom is 0.182 e. The van der Waals surface area contributed by atoms with Crippen LogP contribution in [-0.4, -0.2) is 30.4 Å². The van der Waals surface area contributed by atoms with Gasteiger partial charge in [0.15, 0.2) is 5.82 Å². The van der Waals surface area contributed by atoms with Gasteiger partial charge in [-0.2, -0.15) is 5.10 Å². The van der Waals surface area contributed by atoms with Crippen molar-refractivity contribution >= 4 is 45.7 Å². The number of hydrogen-bond donors (Lipinski definition) is 1. The fraction of sp³-hybridized carbons (Fsp3) is 0. The zero-order valence-corrected chi connectivity index (χ0v) is 17.5. The van der Waals surface area contributed by atoms with E-state index in [2.05, 4.69) is 25.7 Å². The van der Waals surface area contributed by atoms with Crippen LogP contribution in [-0.2, 0) is 0 Å². The van der Waals surface area contributed by atoms with Crippen LogP contribution >= 0.6 is 34.8 Å². The number of H-pyrrole nitrogens is 1. The number of nitrogens with zero attached hydrogens (tertiary/aromatic N) is 5. The van der Waals surface area contributed by atoms with Gasteiger partial charge < -0.3 is 0 Å². The molecule has 0 aliphatic rings. The van der Waals surface area contributed by atoms with Gasteiger partial charge in [-0.15, -0.1) is 5.10 Å². The summed E-state index contributed by atoms with van der Waals surface area (Å²) in [5.41, 5.74) is 1.44. The zero-order chi connectivity index (χ0) is 21.7. The number of benzene rings is 3. The molecule has 0 bridgehead atoms. The Balaban J connectivity index is 1.76. The number of fused-ring (bicyclic) bond motifs is 1. The van der Waals surface area contributed by atoms with Crippen LogP contribution in [0.5, 0.6) is 0 Å². The van der Waals surface area contributed by atoms with Gasteiger partial charge in [0.2, 0.25) is 0 Å². The van der Waals surface area contributed by atoms with E-state index in [0.717, 1.165) is 0 Å². The van der Waals surface area contributed by atoms with Crippen molar-refractivity contribution in [2.45, 2.75) is 0 Å². The first-order valence-electron chi connectivity index (χ1n) is 8.79. The summed E-state index contributed by atoms with van der Waals surface area (Å²) >= 11 is 18.5. The minimum absolute atomic E-state index is 0.0993. The van der Waals surface area contributed by atoms with Gasteiger partial charge in [-0.1, -0.05) is 34.8 Å². The molecule has 0 spiro atoms. The minimum atomic E-state index is -0.616. The van der Waals surface area contributed by atoms with E-state index in [1.807, 2.05) is 0 Å². The smallest absolute Gasteiger partial charge is 0.182 e. The number of aromatic amines is 1. The normalized spacial score (nSPS) is 11.4. The third kappa shape index (κ3) is 3.42. The Morgan fingerprint density at radius 3 is 2.32 bits per heavy atom. The molecule has 0 unspecified atom stereocenters. The molecule has 0 aliphatic heterocycles. The van der Waals surface area contributed by atoms with Gasteiger partial charge in [0, 0.05) is 27.1 Å². The average molecular weight is 478 g/mol. The summed E-state index contributed by atoms with van der Waals surface area (Å²) in [5, 5.41) is 19.1. The molecule has 0 amide bonds. The average Bonchev–Trinajstić information content (AvgIpc) is 3.38. The lowest BCUT2D eigenvalue weighted by molar-refractivity contribution is 0.627. The third-order valence-corrected chi connectivity index (χ3v) is 5.47. The fourth-order valence-electron chi connectivity index (χ4n) is 3.31. The topological polar surface area (TPSA) is 72.3 Å². The number of rotatable bonds is 3. The Morgan fingerprint density at radius 2 is 1.58 bits per heavy atom. The Labute approximate surface area is 188 Å². The van der Waals surface area contributed by atoms with Crippen molar-refractivity contribution in [2.75, 3.05) is 0 Å². The van der Waals surface area contributed by atoms with Crippen LogP contribution in [0.2, 0.25) is 15.1 Å². The standard InChI is InChI=1S/C20H9Cl3F2N6/c21-9-2-4-17-13(5-9)19(11-3-1-10(22)6-15(11)24)28-31(17)18-8-16(25)12(7-14(18)23)20-26-29-30-27-20/h1-8H,(H,26,27,29,30). The molecule has 0 aliphatic carbocycles. The first-order valence-corrected chi connectivity index (χ1v) is 9.93. The summed E-state index contributed by atoms with van der Waals surface area (Å²) in [5.74, 6) is -1.04. The van der Waals surface area contributed by atoms with E-state index < -0.39 is 11.6 Å². The van der Waals surface area contributed by atoms with Crippen molar-refractivity contribution < 1.29 is 8.78 Å². The number of aromatic nitrogens is 6. The molecule has 0 fully saturated rings. The van der Waals surface area contributed by atoms with Crippen LogP contribution in [0.15, 0.2) is 48.5 Å². The molecule has 11 heteroatoms. The van der Waals surface area contributed by atoms with Crippen molar-refractivity contribution in [3.05, 3.63) is 75.2 Å². The summed E-state index contributed by atoms with van der Waals surface area (Å²) in [6.07, 6.45) is 0. The van der Waals surface area contributed by atoms with Crippen LogP contribution in [0.3, 0.4) is 0 Å². The summed E-state index contributed by atoms with van der Waals surface area (Å²) in [7, 11) is 0. The molecular formula is C20H9Cl3F2N6. The molecule has 2 aromatic heterocycles. The van der Waals surface area contributed by atoms with E-state index in [1.165, 1.54) is 28.9 Å². The molecule has 0 saturated carbocycles. The number of hydrogen-bond acceptors (Lipinski definition) is 4. The molecule has 0 atom stereocenters. The molecule has 3 aromatic carbocycles. The Morgan fingerprint density at radius 1 is 0.839 bits per heavy atom. The molecule has 154 valence electrons. The Kier molecular flexibility index (Phi) is 4.85. The predicted octanol–water partition coefficient (Wildman–Crippen LogP) is 6.11. The summed E-state index contributed by atoms with van der Waals surface area (Å²) in [6, 6.07) is 11.9. The third-order valence-electron chi connectivity index (χ3n) is 4.69. The highest BCUT2D eigenvalue weighted by Gasteiger charge is 2.20. The highest BCUT2D eigenvalue weighted by molar-refractivity contribution is 6.33. The minimum Gasteiger partial charge on any atom is -0.239 e. The van der Waals surface area contributed by atoms with E-state index in [4.69, 9.17) is 34.8 Å². The maximum atomic E-state index is 14.9. The lowest BCUT2D eigenvalue weighted by Gasteiger charge is -2.09. The van der Waals surface area contributed by atoms with Gasteiger partial charge in [-0.3, -0.25) is 0 Å². The predicted molar refractivity (Wildman–Crippen MR) is 115 cm³/mol. The molecular weight excluding hydrogens is 469 g/mol. The lowest BCUT2D eigenvalue weighted by Crippen LogP contribution is -2.00. The molecule has 6 nitrogen and oxygen atoms in total. The number of halogens is 5. The quantitative estimate of drug-likeness (QED) is 0.340. The van der Waals surface area contributed by atoms with E-state index in [9.17, 15) is 8.78 Å². The van der Waals surface area contributed by atoms with Gasteiger partial charge in [-0.05, 0) is 52.9 Å². The zero-order valence-electron chi connectivity index (χ0n) is 15.2. The first-order chi connectivity index (χ1) is 14.9. The van der Waals surface area contributed by atoms with Gasteiger partial charge in [0.25, 0.3) is 0 Å². The van der Waals surface area contributed by atoms with E-state index >= 15 is 0 Å². The van der Waals surface area contributed by atoms with Crippen LogP contribution in [0.4, 0.5) is 8.78 Å². The molecule has 5 aromatic rings. The lowest BCUT2D eigenvalue weighted by atomic mass is 10.1. The van der Waals surface area contributed by atoms with Crippen LogP contribution in [0, 0.1) is 11.6 Å². The van der Waals surface area contributed by atoms with Gasteiger partial charge in [0.1, 0.15) is 17.3 Å². The molecule has 0 radical (unpaired) electrons. The van der Waals surface area contributed by atoms with Crippen molar-refractivity contribution in [3.8, 4) is 28.3 Å². The van der Waals surface area contributed by atoms with Gasteiger partial charge in [-0.25, -0.2) is 18.6 Å². The summed E-state index contributed by atoms with van der Waals surface area (Å²) in [4.78, 5) is 0. The van der Waals surface area contributed by atoms with Crippen LogP contribution < -0.4 is 0 Å². The molecule has 0 saturated heterocycles. The van der Waals surface area contributed by atoms with Gasteiger partial charge >= 0.3 is 0 Å². The second kappa shape index (κ2) is 7.56. The number of tetrazole rings is 1. The maximum absolute atomic E-state index is 14.9. The highest BCUT2D eigenvalue weighted by atomic mass is 35.5. The van der Waals surface area contributed by atoms with E-state index in [1.54, 1.807) is 24.3 Å². The van der Waals surface area contributed by atoms with E-state index in [-0.39, 0.29) is 32.7 Å². The van der Waals surface area contributed by atoms with Crippen LogP contribution in [0.1, 0.15) is 0 Å². The molecule has 2 heterocycles. The van der Waals surface area contributed by atoms with Crippen LogP contribution in [0.25, 0.3) is 39.2 Å². The highest BCUT2D eigenvalue weighted by Crippen LogP contribution is 2.36. The summed E-state index contributed by atoms with van der Waals surface area (Å²) in [6.45, 7) is 0. The monoisotopic (exact) mass is 476 g/mol. The van der Waals surface area contributed by atoms with E-state index in [0.29, 0.717) is 21.6 Å². The van der Waals surface area contributed by atoms with Crippen molar-refractivity contribution in [1.82, 2.24) is 30.4 Å². The second-order valence-corrected chi connectivity index (χ2v) is 7.86. The summed E-state index contributed by atoms with van der Waals surface area (Å²) < 4.78 is 31.0. The van der Waals surface area contributed by atoms with Crippen molar-refractivity contribution in [2.24, 2.45) is 0 Å². The fourth-order valence-corrected chi connectivity index (χ4v) is 3.88. The largest absolute Gasteiger partial charge is 0.239 e. The number of nitrogens with one attached hydrogen (secondary N) is 1. The van der Waals surface area contributed by atoms with Crippen molar-refractivity contribution in [3.63, 3.8) is 0 Å². The Hall–Kier alpha value is -3.07. The molecule has 5 rings (SSSR count). The Bertz CT molecular complexity index is 1450. The second-order valence-electron chi connectivity index (χ2n) is 6.58. The first kappa shape index (κ1) is 19.9. The van der Waals surface area contributed by atoms with Gasteiger partial charge in [0.05, 0.1) is 21.8 Å². The molecule has 31 heavy (non-hydrogen) atoms. The van der Waals surface area contributed by atoms with Crippen molar-refractivity contribution in [1.29, 1.82) is 0 Å². The molecule has 1 N–H and O–H groups in total. The SMILES string of the molecule is Fc1cc(-n2nc(-c3ccc(Cl)cc3F)c3cc(Cl)ccc32)c(Cl)cc1-c1nnn[nH]1.